The molecule has 1 fully saturated rings. The summed E-state index contributed by atoms with van der Waals surface area (Å²) in [6, 6.07) is 0.0867. The van der Waals surface area contributed by atoms with Gasteiger partial charge in [0.15, 0.2) is 0 Å². The molecule has 17 heavy (non-hydrogen) atoms. The largest absolute Gasteiger partial charge is 0.394 e. The quantitative estimate of drug-likeness (QED) is 0.782. The number of aliphatic hydroxyl groups is 1. The SMILES string of the molecule is Cc1nn(C)cc1C(CO)N1CCCNCC1. The Morgan fingerprint density at radius 3 is 2.94 bits per heavy atom. The first-order valence-corrected chi connectivity index (χ1v) is 6.28. The van der Waals surface area contributed by atoms with E-state index in [0.717, 1.165) is 43.9 Å². The van der Waals surface area contributed by atoms with Crippen LogP contribution in [0.4, 0.5) is 0 Å². The minimum absolute atomic E-state index is 0.0867. The molecule has 1 aliphatic rings. The second-order valence-corrected chi connectivity index (χ2v) is 4.68. The van der Waals surface area contributed by atoms with Gasteiger partial charge in [0.1, 0.15) is 0 Å². The van der Waals surface area contributed by atoms with Gasteiger partial charge in [-0.15, -0.1) is 0 Å². The zero-order valence-electron chi connectivity index (χ0n) is 10.7. The Morgan fingerprint density at radius 2 is 2.29 bits per heavy atom. The van der Waals surface area contributed by atoms with Gasteiger partial charge in [-0.25, -0.2) is 0 Å². The lowest BCUT2D eigenvalue weighted by atomic mass is 10.1. The van der Waals surface area contributed by atoms with Crippen LogP contribution >= 0.6 is 0 Å². The first kappa shape index (κ1) is 12.5. The number of hydrogen-bond donors (Lipinski definition) is 2. The number of aromatic nitrogens is 2. The van der Waals surface area contributed by atoms with Crippen molar-refractivity contribution in [3.8, 4) is 0 Å². The van der Waals surface area contributed by atoms with Gasteiger partial charge in [0.2, 0.25) is 0 Å². The van der Waals surface area contributed by atoms with E-state index in [-0.39, 0.29) is 12.6 Å². The number of aliphatic hydroxyl groups excluding tert-OH is 1. The lowest BCUT2D eigenvalue weighted by Gasteiger charge is -2.28. The second kappa shape index (κ2) is 5.62. The average molecular weight is 238 g/mol. The fraction of sp³-hybridized carbons (Fsp3) is 0.750. The fourth-order valence-corrected chi connectivity index (χ4v) is 2.53. The number of rotatable bonds is 3. The number of hydrogen-bond acceptors (Lipinski definition) is 4. The maximum atomic E-state index is 9.66. The molecule has 0 aliphatic carbocycles. The molecule has 1 saturated heterocycles. The van der Waals surface area contributed by atoms with Crippen LogP contribution < -0.4 is 5.32 Å². The molecule has 1 atom stereocenters. The van der Waals surface area contributed by atoms with Crippen LogP contribution in [0.1, 0.15) is 23.7 Å². The van der Waals surface area contributed by atoms with Crippen LogP contribution in [0.15, 0.2) is 6.20 Å². The van der Waals surface area contributed by atoms with Gasteiger partial charge >= 0.3 is 0 Å². The van der Waals surface area contributed by atoms with Crippen LogP contribution in [-0.4, -0.2) is 52.6 Å². The van der Waals surface area contributed by atoms with Crippen LogP contribution in [0.2, 0.25) is 0 Å². The van der Waals surface area contributed by atoms with Crippen molar-refractivity contribution in [2.24, 2.45) is 7.05 Å². The van der Waals surface area contributed by atoms with E-state index in [1.54, 1.807) is 0 Å². The van der Waals surface area contributed by atoms with Gasteiger partial charge in [-0.3, -0.25) is 9.58 Å². The molecule has 2 N–H and O–H groups in total. The van der Waals surface area contributed by atoms with E-state index in [1.165, 1.54) is 0 Å². The summed E-state index contributed by atoms with van der Waals surface area (Å²) in [6.45, 7) is 6.25. The highest BCUT2D eigenvalue weighted by molar-refractivity contribution is 5.20. The molecular formula is C12H22N4O. The minimum Gasteiger partial charge on any atom is -0.394 e. The van der Waals surface area contributed by atoms with Gasteiger partial charge in [0.05, 0.1) is 18.3 Å². The van der Waals surface area contributed by atoms with E-state index in [0.29, 0.717) is 0 Å². The van der Waals surface area contributed by atoms with E-state index < -0.39 is 0 Å². The Labute approximate surface area is 102 Å². The van der Waals surface area contributed by atoms with Crippen LogP contribution in [0.25, 0.3) is 0 Å². The van der Waals surface area contributed by atoms with Gasteiger partial charge < -0.3 is 10.4 Å². The number of nitrogens with one attached hydrogen (secondary N) is 1. The van der Waals surface area contributed by atoms with Crippen molar-refractivity contribution in [1.82, 2.24) is 20.0 Å². The van der Waals surface area contributed by atoms with Crippen molar-refractivity contribution in [3.05, 3.63) is 17.5 Å². The molecule has 5 heteroatoms. The summed E-state index contributed by atoms with van der Waals surface area (Å²) in [5.41, 5.74) is 2.17. The zero-order chi connectivity index (χ0) is 12.3. The summed E-state index contributed by atoms with van der Waals surface area (Å²) >= 11 is 0. The summed E-state index contributed by atoms with van der Waals surface area (Å²) in [4.78, 5) is 2.35. The Bertz CT molecular complexity index is 355. The van der Waals surface area contributed by atoms with Gasteiger partial charge in [-0.1, -0.05) is 0 Å². The van der Waals surface area contributed by atoms with Crippen LogP contribution in [0.5, 0.6) is 0 Å². The van der Waals surface area contributed by atoms with Crippen molar-refractivity contribution < 1.29 is 5.11 Å². The first-order chi connectivity index (χ1) is 8.22. The summed E-state index contributed by atoms with van der Waals surface area (Å²) in [7, 11) is 1.93. The second-order valence-electron chi connectivity index (χ2n) is 4.68. The van der Waals surface area contributed by atoms with E-state index >= 15 is 0 Å². The van der Waals surface area contributed by atoms with E-state index in [9.17, 15) is 5.11 Å². The summed E-state index contributed by atoms with van der Waals surface area (Å²) in [6.07, 6.45) is 3.16. The molecule has 0 spiro atoms. The maximum absolute atomic E-state index is 9.66. The molecule has 5 nitrogen and oxygen atoms in total. The van der Waals surface area contributed by atoms with Gasteiger partial charge in [0, 0.05) is 38.4 Å². The fourth-order valence-electron chi connectivity index (χ4n) is 2.53. The average Bonchev–Trinajstić information content (AvgIpc) is 2.55. The summed E-state index contributed by atoms with van der Waals surface area (Å²) < 4.78 is 1.82. The van der Waals surface area contributed by atoms with Crippen molar-refractivity contribution in [1.29, 1.82) is 0 Å². The lowest BCUT2D eigenvalue weighted by Crippen LogP contribution is -2.34. The minimum atomic E-state index is 0.0867. The zero-order valence-corrected chi connectivity index (χ0v) is 10.7. The van der Waals surface area contributed by atoms with E-state index in [4.69, 9.17) is 0 Å². The van der Waals surface area contributed by atoms with Crippen molar-refractivity contribution in [3.63, 3.8) is 0 Å². The molecule has 1 aromatic heterocycles. The molecule has 2 heterocycles. The number of nitrogens with zero attached hydrogens (tertiary/aromatic N) is 3. The maximum Gasteiger partial charge on any atom is 0.0642 e. The highest BCUT2D eigenvalue weighted by atomic mass is 16.3. The Morgan fingerprint density at radius 1 is 1.47 bits per heavy atom. The molecule has 2 rings (SSSR count). The van der Waals surface area contributed by atoms with Crippen molar-refractivity contribution >= 4 is 0 Å². The van der Waals surface area contributed by atoms with E-state index in [2.05, 4.69) is 15.3 Å². The van der Waals surface area contributed by atoms with Gasteiger partial charge in [-0.2, -0.15) is 5.10 Å². The highest BCUT2D eigenvalue weighted by Gasteiger charge is 2.23. The molecule has 0 aromatic carbocycles. The van der Waals surface area contributed by atoms with Crippen LogP contribution in [0, 0.1) is 6.92 Å². The highest BCUT2D eigenvalue weighted by Crippen LogP contribution is 2.23. The van der Waals surface area contributed by atoms with E-state index in [1.807, 2.05) is 24.9 Å². The molecule has 0 bridgehead atoms. The monoisotopic (exact) mass is 238 g/mol. The lowest BCUT2D eigenvalue weighted by molar-refractivity contribution is 0.129. The van der Waals surface area contributed by atoms with Crippen LogP contribution in [0.3, 0.4) is 0 Å². The smallest absolute Gasteiger partial charge is 0.0642 e. The van der Waals surface area contributed by atoms with Gasteiger partial charge in [0.25, 0.3) is 0 Å². The molecule has 0 amide bonds. The van der Waals surface area contributed by atoms with Crippen molar-refractivity contribution in [2.75, 3.05) is 32.8 Å². The Hall–Kier alpha value is -0.910. The Kier molecular flexibility index (Phi) is 4.15. The topological polar surface area (TPSA) is 53.3 Å². The molecule has 1 aromatic rings. The molecule has 1 unspecified atom stereocenters. The molecule has 0 radical (unpaired) electrons. The normalized spacial score (nSPS) is 20.2. The number of aryl methyl sites for hydroxylation is 2. The Balaban J connectivity index is 2.16. The van der Waals surface area contributed by atoms with Gasteiger partial charge in [-0.05, 0) is 19.9 Å². The summed E-state index contributed by atoms with van der Waals surface area (Å²) in [5, 5.41) is 17.4. The predicted molar refractivity (Wildman–Crippen MR) is 66.8 cm³/mol. The molecular weight excluding hydrogens is 216 g/mol. The third kappa shape index (κ3) is 2.86. The third-order valence-corrected chi connectivity index (χ3v) is 3.40. The first-order valence-electron chi connectivity index (χ1n) is 6.28. The van der Waals surface area contributed by atoms with Crippen molar-refractivity contribution in [2.45, 2.75) is 19.4 Å². The molecule has 96 valence electrons. The van der Waals surface area contributed by atoms with Crippen LogP contribution in [-0.2, 0) is 7.05 Å². The molecule has 1 aliphatic heterocycles. The third-order valence-electron chi connectivity index (χ3n) is 3.40. The standard InChI is InChI=1S/C12H22N4O/c1-10-11(8-15(2)14-10)12(9-17)16-6-3-4-13-5-7-16/h8,12-13,17H,3-7,9H2,1-2H3. The summed E-state index contributed by atoms with van der Waals surface area (Å²) in [5.74, 6) is 0. The molecule has 0 saturated carbocycles. The predicted octanol–water partition coefficient (Wildman–Crippen LogP) is 0.0572.